The predicted molar refractivity (Wildman–Crippen MR) is 128 cm³/mol. The first-order valence-electron chi connectivity index (χ1n) is 10.5. The third-order valence-corrected chi connectivity index (χ3v) is 6.45. The molecule has 0 N–H and O–H groups in total. The summed E-state index contributed by atoms with van der Waals surface area (Å²) in [6, 6.07) is 9.52. The first-order chi connectivity index (χ1) is 14.9. The molecule has 6 nitrogen and oxygen atoms in total. The highest BCUT2D eigenvalue weighted by Gasteiger charge is 2.23. The summed E-state index contributed by atoms with van der Waals surface area (Å²) in [6.07, 6.45) is 0. The zero-order chi connectivity index (χ0) is 22.5. The third-order valence-electron chi connectivity index (χ3n) is 5.43. The lowest BCUT2D eigenvalue weighted by molar-refractivity contribution is 0.0983. The van der Waals surface area contributed by atoms with Crippen LogP contribution in [0.5, 0.6) is 11.5 Å². The number of hydrogen-bond donors (Lipinski definition) is 0. The number of aromatic nitrogens is 1. The van der Waals surface area contributed by atoms with Crippen LogP contribution >= 0.6 is 11.3 Å². The normalized spacial score (nSPS) is 11.2. The maximum absolute atomic E-state index is 13.7. The molecule has 0 aliphatic rings. The van der Waals surface area contributed by atoms with Crippen molar-refractivity contribution in [2.75, 3.05) is 45.3 Å². The van der Waals surface area contributed by atoms with E-state index in [1.165, 1.54) is 5.56 Å². The van der Waals surface area contributed by atoms with Gasteiger partial charge in [0.1, 0.15) is 11.5 Å². The maximum atomic E-state index is 13.7. The van der Waals surface area contributed by atoms with E-state index in [4.69, 9.17) is 14.5 Å². The molecule has 1 aromatic heterocycles. The quantitative estimate of drug-likeness (QED) is 0.472. The lowest BCUT2D eigenvalue weighted by Crippen LogP contribution is -2.38. The number of hydrogen-bond acceptors (Lipinski definition) is 6. The van der Waals surface area contributed by atoms with Gasteiger partial charge in [-0.1, -0.05) is 31.3 Å². The first-order valence-corrected chi connectivity index (χ1v) is 11.4. The van der Waals surface area contributed by atoms with Crippen molar-refractivity contribution in [3.8, 4) is 11.5 Å². The Balaban J connectivity index is 2.04. The van der Waals surface area contributed by atoms with Gasteiger partial charge in [-0.3, -0.25) is 9.69 Å². The number of amides is 1. The fourth-order valence-corrected chi connectivity index (χ4v) is 4.79. The minimum absolute atomic E-state index is 0.113. The van der Waals surface area contributed by atoms with Crippen molar-refractivity contribution >= 4 is 32.6 Å². The number of anilines is 1. The Labute approximate surface area is 188 Å². The molecule has 0 spiro atoms. The topological polar surface area (TPSA) is 54.9 Å². The number of carbonyl (C=O) groups excluding carboxylic acids is 1. The van der Waals surface area contributed by atoms with Crippen LogP contribution in [-0.4, -0.2) is 56.2 Å². The number of aryl methyl sites for hydroxylation is 2. The fourth-order valence-electron chi connectivity index (χ4n) is 3.63. The molecular formula is C24H31N3O3S. The highest BCUT2D eigenvalue weighted by Crippen LogP contribution is 2.33. The van der Waals surface area contributed by atoms with Crippen LogP contribution in [0, 0.1) is 13.8 Å². The molecule has 3 rings (SSSR count). The SMILES string of the molecule is CCN(CC)CCN(C(=O)c1cc(OC)cc(OC)c1)c1nc2c(C)cc(C)cc2s1. The van der Waals surface area contributed by atoms with Gasteiger partial charge in [-0.25, -0.2) is 4.98 Å². The van der Waals surface area contributed by atoms with Crippen LogP contribution in [0.25, 0.3) is 10.2 Å². The van der Waals surface area contributed by atoms with Gasteiger partial charge in [0.05, 0.1) is 24.4 Å². The number of ether oxygens (including phenoxy) is 2. The molecular weight excluding hydrogens is 410 g/mol. The number of fused-ring (bicyclic) bond motifs is 1. The van der Waals surface area contributed by atoms with E-state index >= 15 is 0 Å². The Morgan fingerprint density at radius 2 is 1.61 bits per heavy atom. The summed E-state index contributed by atoms with van der Waals surface area (Å²) in [5.41, 5.74) is 3.79. The van der Waals surface area contributed by atoms with Gasteiger partial charge in [-0.15, -0.1) is 0 Å². The molecule has 0 radical (unpaired) electrons. The standard InChI is InChI=1S/C24H31N3O3S/c1-7-26(8-2)9-10-27(23(28)18-13-19(29-5)15-20(14-18)30-6)24-25-22-17(4)11-16(3)12-21(22)31-24/h11-15H,7-10H2,1-6H3. The van der Waals surface area contributed by atoms with Crippen molar-refractivity contribution in [3.63, 3.8) is 0 Å². The van der Waals surface area contributed by atoms with E-state index < -0.39 is 0 Å². The Morgan fingerprint density at radius 1 is 0.968 bits per heavy atom. The minimum atomic E-state index is -0.113. The largest absolute Gasteiger partial charge is 0.497 e. The molecule has 0 atom stereocenters. The van der Waals surface area contributed by atoms with Crippen LogP contribution < -0.4 is 14.4 Å². The molecule has 3 aromatic rings. The van der Waals surface area contributed by atoms with E-state index in [0.29, 0.717) is 28.7 Å². The summed E-state index contributed by atoms with van der Waals surface area (Å²) in [4.78, 5) is 22.6. The second-order valence-electron chi connectivity index (χ2n) is 7.51. The van der Waals surface area contributed by atoms with Gasteiger partial charge in [0.2, 0.25) is 0 Å². The molecule has 7 heteroatoms. The van der Waals surface area contributed by atoms with Crippen LogP contribution in [0.15, 0.2) is 30.3 Å². The average Bonchev–Trinajstić information content (AvgIpc) is 3.20. The second-order valence-corrected chi connectivity index (χ2v) is 8.52. The highest BCUT2D eigenvalue weighted by molar-refractivity contribution is 7.22. The van der Waals surface area contributed by atoms with Gasteiger partial charge < -0.3 is 14.4 Å². The van der Waals surface area contributed by atoms with Gasteiger partial charge in [0.25, 0.3) is 5.91 Å². The van der Waals surface area contributed by atoms with Gasteiger partial charge >= 0.3 is 0 Å². The molecule has 0 aliphatic heterocycles. The van der Waals surface area contributed by atoms with Gasteiger partial charge in [0, 0.05) is 24.7 Å². The summed E-state index contributed by atoms with van der Waals surface area (Å²) in [6.45, 7) is 11.6. The zero-order valence-corrected chi connectivity index (χ0v) is 20.0. The molecule has 0 saturated carbocycles. The van der Waals surface area contributed by atoms with Gasteiger partial charge in [-0.05, 0) is 56.3 Å². The van der Waals surface area contributed by atoms with Crippen molar-refractivity contribution in [1.82, 2.24) is 9.88 Å². The molecule has 0 unspecified atom stereocenters. The molecule has 0 bridgehead atoms. The van der Waals surface area contributed by atoms with E-state index in [1.807, 2.05) is 0 Å². The van der Waals surface area contributed by atoms with Crippen molar-refractivity contribution in [2.45, 2.75) is 27.7 Å². The summed E-state index contributed by atoms with van der Waals surface area (Å²) >= 11 is 1.56. The highest BCUT2D eigenvalue weighted by atomic mass is 32.1. The fraction of sp³-hybridized carbons (Fsp3) is 0.417. The Hall–Kier alpha value is -2.64. The van der Waals surface area contributed by atoms with Crippen molar-refractivity contribution in [2.24, 2.45) is 0 Å². The smallest absolute Gasteiger partial charge is 0.260 e. The molecule has 0 fully saturated rings. The van der Waals surface area contributed by atoms with Gasteiger partial charge in [-0.2, -0.15) is 0 Å². The molecule has 1 heterocycles. The summed E-state index contributed by atoms with van der Waals surface area (Å²) < 4.78 is 11.8. The van der Waals surface area contributed by atoms with E-state index in [-0.39, 0.29) is 5.91 Å². The minimum Gasteiger partial charge on any atom is -0.497 e. The molecule has 166 valence electrons. The van der Waals surface area contributed by atoms with Crippen LogP contribution in [0.4, 0.5) is 5.13 Å². The lowest BCUT2D eigenvalue weighted by atomic mass is 10.1. The summed E-state index contributed by atoms with van der Waals surface area (Å²) in [5, 5.41) is 0.711. The average molecular weight is 442 g/mol. The molecule has 2 aromatic carbocycles. The lowest BCUT2D eigenvalue weighted by Gasteiger charge is -2.25. The van der Waals surface area contributed by atoms with E-state index in [2.05, 4.69) is 44.7 Å². The molecule has 1 amide bonds. The Bertz CT molecular complexity index is 1040. The van der Waals surface area contributed by atoms with E-state index in [0.717, 1.165) is 35.4 Å². The number of benzene rings is 2. The zero-order valence-electron chi connectivity index (χ0n) is 19.2. The maximum Gasteiger partial charge on any atom is 0.260 e. The van der Waals surface area contributed by atoms with Gasteiger partial charge in [0.15, 0.2) is 5.13 Å². The number of likely N-dealkylation sites (N-methyl/N-ethyl adjacent to an activating group) is 1. The Morgan fingerprint density at radius 3 is 2.19 bits per heavy atom. The second kappa shape index (κ2) is 10.1. The van der Waals surface area contributed by atoms with Crippen LogP contribution in [0.3, 0.4) is 0 Å². The van der Waals surface area contributed by atoms with Crippen LogP contribution in [0.2, 0.25) is 0 Å². The third kappa shape index (κ3) is 5.17. The number of thiazole rings is 1. The molecule has 0 saturated heterocycles. The van der Waals surface area contributed by atoms with Crippen molar-refractivity contribution in [1.29, 1.82) is 0 Å². The predicted octanol–water partition coefficient (Wildman–Crippen LogP) is 4.92. The van der Waals surface area contributed by atoms with Crippen LogP contribution in [0.1, 0.15) is 35.3 Å². The molecule has 0 aliphatic carbocycles. The van der Waals surface area contributed by atoms with Crippen molar-refractivity contribution < 1.29 is 14.3 Å². The van der Waals surface area contributed by atoms with E-state index in [1.54, 1.807) is 48.7 Å². The number of nitrogens with zero attached hydrogens (tertiary/aromatic N) is 3. The summed E-state index contributed by atoms with van der Waals surface area (Å²) in [7, 11) is 3.17. The first kappa shape index (κ1) is 23.0. The van der Waals surface area contributed by atoms with Crippen molar-refractivity contribution in [3.05, 3.63) is 47.0 Å². The van der Waals surface area contributed by atoms with E-state index in [9.17, 15) is 4.79 Å². The monoisotopic (exact) mass is 441 g/mol. The van der Waals surface area contributed by atoms with Crippen LogP contribution in [-0.2, 0) is 0 Å². The Kier molecular flexibility index (Phi) is 7.51. The number of rotatable bonds is 9. The summed E-state index contributed by atoms with van der Waals surface area (Å²) in [5.74, 6) is 1.06. The number of carbonyl (C=O) groups is 1. The molecule has 31 heavy (non-hydrogen) atoms. The number of methoxy groups -OCH3 is 2.